The Morgan fingerprint density at radius 3 is 0.904 bits per heavy atom. The van der Waals surface area contributed by atoms with E-state index in [1.807, 2.05) is 60.7 Å². The average molecular weight is 1280 g/mol. The first-order valence-corrected chi connectivity index (χ1v) is 34.2. The molecule has 0 atom stereocenters. The van der Waals surface area contributed by atoms with Crippen LogP contribution in [0.5, 0.6) is 5.75 Å². The van der Waals surface area contributed by atoms with Crippen molar-refractivity contribution in [2.75, 3.05) is 12.3 Å². The summed E-state index contributed by atoms with van der Waals surface area (Å²) < 4.78 is 77.5. The van der Waals surface area contributed by atoms with Crippen LogP contribution in [0.1, 0.15) is 31.8 Å². The number of hydrogen-bond donors (Lipinski definition) is 0. The molecular weight excluding hydrogens is 1230 g/mol. The molecule has 0 amide bonds. The zero-order chi connectivity index (χ0) is 65.2. The molecule has 15 rings (SSSR count). The smallest absolute Gasteiger partial charge is 0.416 e. The molecule has 0 aromatic heterocycles. The van der Waals surface area contributed by atoms with Crippen molar-refractivity contribution >= 4 is 130 Å². The van der Waals surface area contributed by atoms with Gasteiger partial charge in [-0.1, -0.05) is 218 Å². The number of hydrogen-bond acceptors (Lipinski definition) is 5. The van der Waals surface area contributed by atoms with Crippen LogP contribution in [0.4, 0.5) is 26.3 Å². The maximum Gasteiger partial charge on any atom is 0.416 e. The van der Waals surface area contributed by atoms with E-state index in [0.29, 0.717) is 12.3 Å². The standard InChI is InChI=1S/2C36H26OP.C8H3BF6O3/c2*37-33(26-11-4-1-5-12-26)25-38(30-15-6-2-7-16-30,31-17-8-3-9-18-31)34-24-22-29-20-19-27-13-10-14-28-21-23-32(34)36(29)35(27)28;10-7(11,12)4-1-5(8(13,14)15)3-6(2-4)18-9(16)17/h2*1-24H,25H2;1-3H/q2*+1;-2. The zero-order valence-corrected chi connectivity index (χ0v) is 51.9. The Morgan fingerprint density at radius 1 is 0.330 bits per heavy atom. The summed E-state index contributed by atoms with van der Waals surface area (Å²) in [4.78, 5) is 28.2. The van der Waals surface area contributed by atoms with Crippen LogP contribution >= 0.6 is 14.5 Å². The Balaban J connectivity index is 0.000000137. The van der Waals surface area contributed by atoms with Crippen molar-refractivity contribution in [1.82, 2.24) is 0 Å². The minimum absolute atomic E-state index is 0.141. The zero-order valence-electron chi connectivity index (χ0n) is 50.1. The number of carbonyl (C=O) groups excluding carboxylic acids is 2. The first-order chi connectivity index (χ1) is 45.5. The molecule has 0 fully saturated rings. The minimum Gasteiger partial charge on any atom is -0.860 e. The molecule has 14 heteroatoms. The third-order valence-corrected chi connectivity index (χ3v) is 26.0. The molecule has 0 saturated carbocycles. The Kier molecular flexibility index (Phi) is 17.5. The van der Waals surface area contributed by atoms with Gasteiger partial charge >= 0.3 is 12.4 Å². The molecule has 0 saturated heterocycles. The van der Waals surface area contributed by atoms with Gasteiger partial charge in [-0.2, -0.15) is 26.3 Å². The van der Waals surface area contributed by atoms with Gasteiger partial charge in [-0.15, -0.1) is 0 Å². The van der Waals surface area contributed by atoms with Crippen LogP contribution in [0, 0.1) is 0 Å². The summed E-state index contributed by atoms with van der Waals surface area (Å²) in [5.74, 6) is -0.721. The summed E-state index contributed by atoms with van der Waals surface area (Å²) in [5.41, 5.74) is -1.79. The van der Waals surface area contributed by atoms with Gasteiger partial charge in [0.25, 0.3) is 0 Å². The summed E-state index contributed by atoms with van der Waals surface area (Å²) in [6, 6.07) is 103. The predicted molar refractivity (Wildman–Crippen MR) is 372 cm³/mol. The van der Waals surface area contributed by atoms with E-state index in [4.69, 9.17) is 0 Å². The molecule has 0 aliphatic carbocycles. The molecule has 15 aromatic rings. The van der Waals surface area contributed by atoms with Gasteiger partial charge < -0.3 is 14.7 Å². The molecule has 15 aromatic carbocycles. The molecule has 0 aliphatic heterocycles. The molecule has 0 bridgehead atoms. The van der Waals surface area contributed by atoms with Crippen LogP contribution in [0.2, 0.25) is 0 Å². The lowest BCUT2D eigenvalue weighted by atomic mass is 9.94. The van der Waals surface area contributed by atoms with Crippen molar-refractivity contribution in [3.05, 3.63) is 332 Å². The highest BCUT2D eigenvalue weighted by molar-refractivity contribution is 7.97. The van der Waals surface area contributed by atoms with Crippen LogP contribution in [-0.2, 0) is 12.4 Å². The molecular formula is C80H55BF6O5P2. The second-order valence-corrected chi connectivity index (χ2v) is 29.8. The van der Waals surface area contributed by atoms with Crippen LogP contribution in [0.3, 0.4) is 0 Å². The lowest BCUT2D eigenvalue weighted by molar-refractivity contribution is -0.372. The van der Waals surface area contributed by atoms with Gasteiger partial charge in [0.05, 0.1) is 16.9 Å². The van der Waals surface area contributed by atoms with Gasteiger partial charge in [0.2, 0.25) is 11.6 Å². The van der Waals surface area contributed by atoms with Crippen molar-refractivity contribution in [2.45, 2.75) is 12.4 Å². The highest BCUT2D eigenvalue weighted by Crippen LogP contribution is 2.59. The number of halogens is 6. The molecule has 94 heavy (non-hydrogen) atoms. The number of benzene rings is 15. The summed E-state index contributed by atoms with van der Waals surface area (Å²) >= 11 is 0. The Hall–Kier alpha value is -10.1. The van der Waals surface area contributed by atoms with Crippen LogP contribution in [-0.4, -0.2) is 31.2 Å². The summed E-state index contributed by atoms with van der Waals surface area (Å²) in [7, 11) is -7.78. The van der Waals surface area contributed by atoms with E-state index >= 15 is 0 Å². The third-order valence-electron chi connectivity index (χ3n) is 17.4. The monoisotopic (exact) mass is 1280 g/mol. The van der Waals surface area contributed by atoms with E-state index in [1.165, 1.54) is 96.5 Å². The van der Waals surface area contributed by atoms with Crippen LogP contribution in [0.15, 0.2) is 309 Å². The van der Waals surface area contributed by atoms with Crippen molar-refractivity contribution in [3.63, 3.8) is 0 Å². The SMILES string of the molecule is O=C(C[P+](c1ccccc1)(c1ccccc1)c1ccc2ccc3cccc4ccc1c2c34)c1ccccc1.O=C(C[P+](c1ccccc1)(c1ccccc1)c1ccc2ccc3cccc4ccc1c2c34)c1ccccc1.[O-]B([O-])Oc1cc(C(F)(F)F)cc(C(F)(F)F)c1. The maximum atomic E-state index is 14.1. The number of ketones is 2. The summed E-state index contributed by atoms with van der Waals surface area (Å²) in [6.45, 7) is 0. The number of rotatable bonds is 14. The van der Waals surface area contributed by atoms with Gasteiger partial charge in [0.1, 0.15) is 66.0 Å². The van der Waals surface area contributed by atoms with Crippen LogP contribution < -0.4 is 46.5 Å². The van der Waals surface area contributed by atoms with Crippen molar-refractivity contribution in [3.8, 4) is 5.75 Å². The summed E-state index contributed by atoms with van der Waals surface area (Å²) in [5, 5.41) is 42.8. The fraction of sp³-hybridized carbons (Fsp3) is 0.0500. The fourth-order valence-corrected chi connectivity index (χ4v) is 21.8. The van der Waals surface area contributed by atoms with E-state index in [-0.39, 0.29) is 29.8 Å². The van der Waals surface area contributed by atoms with Gasteiger partial charge in [-0.05, 0) is 134 Å². The van der Waals surface area contributed by atoms with Gasteiger partial charge in [-0.3, -0.25) is 9.59 Å². The number of alkyl halides is 6. The molecule has 0 heterocycles. The van der Waals surface area contributed by atoms with E-state index in [0.717, 1.165) is 11.1 Å². The maximum absolute atomic E-state index is 14.1. The summed E-state index contributed by atoms with van der Waals surface area (Å²) in [6.07, 6.45) is -9.23. The van der Waals surface area contributed by atoms with E-state index in [9.17, 15) is 46.0 Å². The van der Waals surface area contributed by atoms with Crippen molar-refractivity contribution in [2.24, 2.45) is 0 Å². The Bertz CT molecular complexity index is 4730. The van der Waals surface area contributed by atoms with Gasteiger partial charge in [-0.25, -0.2) is 0 Å². The normalized spacial score (nSPS) is 12.0. The first kappa shape index (κ1) is 62.7. The topological polar surface area (TPSA) is 89.5 Å². The van der Waals surface area contributed by atoms with E-state index in [2.05, 4.69) is 235 Å². The molecule has 0 spiro atoms. The molecule has 0 aliphatic rings. The predicted octanol–water partition coefficient (Wildman–Crippen LogP) is 16.3. The largest absolute Gasteiger partial charge is 0.860 e. The van der Waals surface area contributed by atoms with Gasteiger partial charge in [0, 0.05) is 32.7 Å². The molecule has 0 unspecified atom stereocenters. The minimum atomic E-state index is -5.05. The van der Waals surface area contributed by atoms with E-state index in [1.54, 1.807) is 0 Å². The van der Waals surface area contributed by atoms with Crippen molar-refractivity contribution < 1.29 is 50.6 Å². The lowest BCUT2D eigenvalue weighted by Gasteiger charge is -2.29. The lowest BCUT2D eigenvalue weighted by Crippen LogP contribution is -2.50. The highest BCUT2D eigenvalue weighted by Gasteiger charge is 2.50. The molecule has 0 N–H and O–H groups in total. The fourth-order valence-electron chi connectivity index (χ4n) is 13.2. The number of Topliss-reactive ketones (excluding diaryl/α,β-unsaturated/α-hetero) is 2. The van der Waals surface area contributed by atoms with Crippen LogP contribution in [0.25, 0.3) is 64.6 Å². The Labute approximate surface area is 539 Å². The molecule has 5 nitrogen and oxygen atoms in total. The second kappa shape index (κ2) is 26.1. The second-order valence-electron chi connectivity index (χ2n) is 22.9. The quantitative estimate of drug-likeness (QED) is 0.0356. The average Bonchev–Trinajstić information content (AvgIpc) is 0.723. The Morgan fingerprint density at radius 2 is 0.606 bits per heavy atom. The van der Waals surface area contributed by atoms with Crippen molar-refractivity contribution in [1.29, 1.82) is 0 Å². The van der Waals surface area contributed by atoms with Gasteiger partial charge in [0.15, 0.2) is 0 Å². The highest BCUT2D eigenvalue weighted by atomic mass is 31.2. The number of carbonyl (C=O) groups is 2. The molecule has 460 valence electrons. The third kappa shape index (κ3) is 12.2. The van der Waals surface area contributed by atoms with E-state index < -0.39 is 51.1 Å². The molecule has 0 radical (unpaired) electrons. The first-order valence-electron chi connectivity index (χ1n) is 30.3.